The van der Waals surface area contributed by atoms with E-state index in [1.807, 2.05) is 0 Å². The molecule has 0 saturated carbocycles. The highest BCUT2D eigenvalue weighted by atomic mass is 32.1. The Morgan fingerprint density at radius 1 is 1.04 bits per heavy atom. The van der Waals surface area contributed by atoms with E-state index in [1.165, 1.54) is 42.7 Å². The number of nitro benzene ring substituents is 1. The number of nitrogens with zero attached hydrogens (tertiary/aromatic N) is 1. The van der Waals surface area contributed by atoms with Crippen molar-refractivity contribution in [1.29, 1.82) is 0 Å². The number of anilines is 2. The third-order valence-electron chi connectivity index (χ3n) is 3.77. The molecule has 3 rings (SSSR count). The number of nitro groups is 1. The zero-order valence-electron chi connectivity index (χ0n) is 14.7. The fraction of sp³-hybridized carbons (Fsp3) is 0.0526. The maximum Gasteiger partial charge on any atom is 0.271 e. The normalized spacial score (nSPS) is 10.2. The van der Waals surface area contributed by atoms with Gasteiger partial charge in [-0.15, -0.1) is 11.3 Å². The number of amides is 2. The SMILES string of the molecule is COc1ccc([N+](=O)[O-])cc1NC(=O)c1cccc(NC(=O)c2cccs2)c1. The molecular formula is C19H15N3O5S. The molecule has 0 unspecified atom stereocenters. The van der Waals surface area contributed by atoms with Crippen LogP contribution in [0.1, 0.15) is 20.0 Å². The minimum atomic E-state index is -0.560. The summed E-state index contributed by atoms with van der Waals surface area (Å²) in [6, 6.07) is 13.8. The van der Waals surface area contributed by atoms with Crippen LogP contribution >= 0.6 is 11.3 Å². The zero-order valence-corrected chi connectivity index (χ0v) is 15.5. The van der Waals surface area contributed by atoms with Crippen LogP contribution in [0.15, 0.2) is 60.0 Å². The summed E-state index contributed by atoms with van der Waals surface area (Å²) < 4.78 is 5.14. The maximum atomic E-state index is 12.6. The summed E-state index contributed by atoms with van der Waals surface area (Å²) in [5, 5.41) is 18.1. The minimum absolute atomic E-state index is 0.173. The lowest BCUT2D eigenvalue weighted by molar-refractivity contribution is -0.384. The molecule has 3 aromatic rings. The quantitative estimate of drug-likeness (QED) is 0.479. The molecule has 0 aliphatic rings. The van der Waals surface area contributed by atoms with Crippen molar-refractivity contribution in [2.24, 2.45) is 0 Å². The van der Waals surface area contributed by atoms with Crippen molar-refractivity contribution in [2.75, 3.05) is 17.7 Å². The first-order chi connectivity index (χ1) is 13.5. The fourth-order valence-corrected chi connectivity index (χ4v) is 3.06. The highest BCUT2D eigenvalue weighted by Crippen LogP contribution is 2.29. The van der Waals surface area contributed by atoms with E-state index in [0.717, 1.165) is 0 Å². The van der Waals surface area contributed by atoms with Crippen LogP contribution in [0, 0.1) is 10.1 Å². The molecular weight excluding hydrogens is 382 g/mol. The Morgan fingerprint density at radius 3 is 2.54 bits per heavy atom. The van der Waals surface area contributed by atoms with Gasteiger partial charge in [0.15, 0.2) is 0 Å². The van der Waals surface area contributed by atoms with E-state index in [2.05, 4.69) is 10.6 Å². The molecule has 142 valence electrons. The van der Waals surface area contributed by atoms with Crippen LogP contribution in [0.5, 0.6) is 5.75 Å². The lowest BCUT2D eigenvalue weighted by Gasteiger charge is -2.11. The number of non-ortho nitro benzene ring substituents is 1. The summed E-state index contributed by atoms with van der Waals surface area (Å²) >= 11 is 1.31. The van der Waals surface area contributed by atoms with Gasteiger partial charge in [-0.2, -0.15) is 0 Å². The van der Waals surface area contributed by atoms with Gasteiger partial charge < -0.3 is 15.4 Å². The van der Waals surface area contributed by atoms with Gasteiger partial charge in [0.1, 0.15) is 5.75 Å². The molecule has 0 aliphatic heterocycles. The summed E-state index contributed by atoms with van der Waals surface area (Å²) in [7, 11) is 1.40. The van der Waals surface area contributed by atoms with Crippen LogP contribution in [0.4, 0.5) is 17.1 Å². The third kappa shape index (κ3) is 4.33. The largest absolute Gasteiger partial charge is 0.495 e. The Labute approximate surface area is 163 Å². The Kier molecular flexibility index (Phi) is 5.66. The van der Waals surface area contributed by atoms with Crippen molar-refractivity contribution in [3.63, 3.8) is 0 Å². The van der Waals surface area contributed by atoms with Crippen LogP contribution in [0.2, 0.25) is 0 Å². The number of hydrogen-bond acceptors (Lipinski definition) is 6. The van der Waals surface area contributed by atoms with Crippen LogP contribution in [0.3, 0.4) is 0 Å². The Bertz CT molecular complexity index is 1030. The standard InChI is InChI=1S/C19H15N3O5S/c1-27-16-8-7-14(22(25)26)11-15(16)21-18(23)12-4-2-5-13(10-12)20-19(24)17-6-3-9-28-17/h2-11H,1H3,(H,20,24)(H,21,23). The summed E-state index contributed by atoms with van der Waals surface area (Å²) in [5.41, 5.74) is 0.734. The van der Waals surface area contributed by atoms with Crippen molar-refractivity contribution < 1.29 is 19.2 Å². The van der Waals surface area contributed by atoms with Gasteiger partial charge in [0.2, 0.25) is 0 Å². The molecule has 2 amide bonds. The van der Waals surface area contributed by atoms with Crippen molar-refractivity contribution >= 4 is 40.2 Å². The number of benzene rings is 2. The monoisotopic (exact) mass is 397 g/mol. The summed E-state index contributed by atoms with van der Waals surface area (Å²) in [6.07, 6.45) is 0. The zero-order chi connectivity index (χ0) is 20.1. The molecule has 1 aromatic heterocycles. The number of methoxy groups -OCH3 is 1. The van der Waals surface area contributed by atoms with Gasteiger partial charge in [-0.1, -0.05) is 12.1 Å². The number of nitrogens with one attached hydrogen (secondary N) is 2. The summed E-state index contributed by atoms with van der Waals surface area (Å²) in [6.45, 7) is 0. The smallest absolute Gasteiger partial charge is 0.271 e. The highest BCUT2D eigenvalue weighted by Gasteiger charge is 2.15. The topological polar surface area (TPSA) is 111 Å². The molecule has 0 bridgehead atoms. The molecule has 1 heterocycles. The molecule has 8 nitrogen and oxygen atoms in total. The number of thiophene rings is 1. The van der Waals surface area contributed by atoms with E-state index in [1.54, 1.807) is 35.7 Å². The fourth-order valence-electron chi connectivity index (χ4n) is 2.44. The minimum Gasteiger partial charge on any atom is -0.495 e. The van der Waals surface area contributed by atoms with Gasteiger partial charge in [0, 0.05) is 23.4 Å². The van der Waals surface area contributed by atoms with Gasteiger partial charge in [0.25, 0.3) is 17.5 Å². The highest BCUT2D eigenvalue weighted by molar-refractivity contribution is 7.12. The van der Waals surface area contributed by atoms with E-state index >= 15 is 0 Å². The summed E-state index contributed by atoms with van der Waals surface area (Å²) in [5.74, 6) is -0.472. The number of rotatable bonds is 6. The molecule has 0 radical (unpaired) electrons. The number of carbonyl (C=O) groups excluding carboxylic acids is 2. The first kappa shape index (κ1) is 19.1. The second-order valence-electron chi connectivity index (χ2n) is 5.61. The molecule has 0 atom stereocenters. The first-order valence-electron chi connectivity index (χ1n) is 8.06. The number of ether oxygens (including phenoxy) is 1. The number of carbonyl (C=O) groups is 2. The molecule has 2 N–H and O–H groups in total. The summed E-state index contributed by atoms with van der Waals surface area (Å²) in [4.78, 5) is 35.7. The number of hydrogen-bond donors (Lipinski definition) is 2. The second kappa shape index (κ2) is 8.31. The Hall–Kier alpha value is -3.72. The van der Waals surface area contributed by atoms with Gasteiger partial charge >= 0.3 is 0 Å². The van der Waals surface area contributed by atoms with Crippen molar-refractivity contribution in [2.45, 2.75) is 0 Å². The Balaban J connectivity index is 1.79. The lowest BCUT2D eigenvalue weighted by Crippen LogP contribution is -2.14. The average Bonchev–Trinajstić information content (AvgIpc) is 3.23. The molecule has 28 heavy (non-hydrogen) atoms. The van der Waals surface area contributed by atoms with Gasteiger partial charge in [0.05, 0.1) is 22.6 Å². The van der Waals surface area contributed by atoms with Crippen LogP contribution in [-0.4, -0.2) is 23.8 Å². The van der Waals surface area contributed by atoms with E-state index in [-0.39, 0.29) is 22.8 Å². The second-order valence-corrected chi connectivity index (χ2v) is 6.56. The van der Waals surface area contributed by atoms with Gasteiger partial charge in [-0.3, -0.25) is 19.7 Å². The van der Waals surface area contributed by atoms with E-state index in [4.69, 9.17) is 4.74 Å². The molecule has 0 saturated heterocycles. The van der Waals surface area contributed by atoms with Gasteiger partial charge in [-0.25, -0.2) is 0 Å². The maximum absolute atomic E-state index is 12.6. The molecule has 9 heteroatoms. The van der Waals surface area contributed by atoms with E-state index < -0.39 is 10.8 Å². The third-order valence-corrected chi connectivity index (χ3v) is 4.64. The van der Waals surface area contributed by atoms with Crippen molar-refractivity contribution in [3.8, 4) is 5.75 Å². The molecule has 2 aromatic carbocycles. The average molecular weight is 397 g/mol. The van der Waals surface area contributed by atoms with Gasteiger partial charge in [-0.05, 0) is 35.7 Å². The van der Waals surface area contributed by atoms with E-state index in [0.29, 0.717) is 16.3 Å². The molecule has 0 aliphatic carbocycles. The van der Waals surface area contributed by atoms with Crippen LogP contribution < -0.4 is 15.4 Å². The van der Waals surface area contributed by atoms with Crippen molar-refractivity contribution in [1.82, 2.24) is 0 Å². The van der Waals surface area contributed by atoms with Crippen molar-refractivity contribution in [3.05, 3.63) is 80.5 Å². The van der Waals surface area contributed by atoms with Crippen LogP contribution in [0.25, 0.3) is 0 Å². The van der Waals surface area contributed by atoms with E-state index in [9.17, 15) is 19.7 Å². The predicted molar refractivity (Wildman–Crippen MR) is 106 cm³/mol. The Morgan fingerprint density at radius 2 is 1.86 bits per heavy atom. The predicted octanol–water partition coefficient (Wildman–Crippen LogP) is 4.17. The first-order valence-corrected chi connectivity index (χ1v) is 8.94. The van der Waals surface area contributed by atoms with Crippen LogP contribution in [-0.2, 0) is 0 Å². The lowest BCUT2D eigenvalue weighted by atomic mass is 10.1. The molecule has 0 fully saturated rings. The molecule has 0 spiro atoms.